The van der Waals surface area contributed by atoms with Crippen LogP contribution in [-0.4, -0.2) is 80.9 Å². The molecule has 8 nitrogen and oxygen atoms in total. The van der Waals surface area contributed by atoms with E-state index in [0.29, 0.717) is 51.6 Å². The van der Waals surface area contributed by atoms with E-state index in [9.17, 15) is 14.7 Å². The Bertz CT molecular complexity index is 863. The van der Waals surface area contributed by atoms with Gasteiger partial charge in [-0.1, -0.05) is 123 Å². The van der Waals surface area contributed by atoms with Crippen molar-refractivity contribution in [1.29, 1.82) is 0 Å². The van der Waals surface area contributed by atoms with Crippen LogP contribution in [0.3, 0.4) is 0 Å². The maximum atomic E-state index is 12.5. The van der Waals surface area contributed by atoms with Crippen molar-refractivity contribution in [2.45, 2.75) is 214 Å². The van der Waals surface area contributed by atoms with E-state index in [1.807, 2.05) is 0 Å². The van der Waals surface area contributed by atoms with Crippen LogP contribution in [0.4, 0.5) is 0 Å². The second-order valence-corrected chi connectivity index (χ2v) is 15.7. The molecule has 0 aromatic carbocycles. The van der Waals surface area contributed by atoms with Gasteiger partial charge in [-0.25, -0.2) is 0 Å². The highest BCUT2D eigenvalue weighted by Gasteiger charge is 2.14. The van der Waals surface area contributed by atoms with Gasteiger partial charge in [0, 0.05) is 39.2 Å². The molecule has 0 aliphatic carbocycles. The van der Waals surface area contributed by atoms with Crippen molar-refractivity contribution in [2.24, 2.45) is 5.92 Å². The maximum Gasteiger partial charge on any atom is 0.305 e. The van der Waals surface area contributed by atoms with Crippen LogP contribution < -0.4 is 0 Å². The second kappa shape index (κ2) is 44.4. The van der Waals surface area contributed by atoms with E-state index >= 15 is 0 Å². The summed E-state index contributed by atoms with van der Waals surface area (Å²) in [5, 5.41) is 9.40. The summed E-state index contributed by atoms with van der Waals surface area (Å²) in [5.74, 6) is 0.497. The molecule has 0 aromatic heterocycles. The first-order chi connectivity index (χ1) is 27.5. The number of ether oxygens (including phenoxy) is 4. The SMILES string of the molecule is CC/C=C\CCCCOC(CCC(=O)OCCCCCCN(CCCO)CCCCCCCC(=O)OCCC(CCCC)CCCC)OCCCC/C=C\CC. The van der Waals surface area contributed by atoms with Crippen LogP contribution in [-0.2, 0) is 28.5 Å². The highest BCUT2D eigenvalue weighted by Crippen LogP contribution is 2.20. The van der Waals surface area contributed by atoms with Gasteiger partial charge in [0.15, 0.2) is 6.29 Å². The molecule has 330 valence electrons. The van der Waals surface area contributed by atoms with Gasteiger partial charge in [-0.3, -0.25) is 9.59 Å². The Morgan fingerprint density at radius 3 is 1.57 bits per heavy atom. The smallest absolute Gasteiger partial charge is 0.305 e. The molecule has 0 aromatic rings. The predicted octanol–water partition coefficient (Wildman–Crippen LogP) is 12.5. The number of hydrogen-bond donors (Lipinski definition) is 1. The topological polar surface area (TPSA) is 94.5 Å². The van der Waals surface area contributed by atoms with Gasteiger partial charge in [0.1, 0.15) is 0 Å². The molecule has 0 fully saturated rings. The molecule has 0 aliphatic heterocycles. The summed E-state index contributed by atoms with van der Waals surface area (Å²) in [6.07, 6.45) is 37.3. The summed E-state index contributed by atoms with van der Waals surface area (Å²) >= 11 is 0. The van der Waals surface area contributed by atoms with Gasteiger partial charge in [0.2, 0.25) is 0 Å². The number of carbonyl (C=O) groups excluding carboxylic acids is 2. The fraction of sp³-hybridized carbons (Fsp3) is 0.875. The van der Waals surface area contributed by atoms with Crippen LogP contribution in [0, 0.1) is 5.92 Å². The quantitative estimate of drug-likeness (QED) is 0.0282. The van der Waals surface area contributed by atoms with Crippen LogP contribution in [0.2, 0.25) is 0 Å². The largest absolute Gasteiger partial charge is 0.466 e. The van der Waals surface area contributed by atoms with Crippen LogP contribution in [0.15, 0.2) is 24.3 Å². The van der Waals surface area contributed by atoms with Gasteiger partial charge in [-0.05, 0) is 109 Å². The zero-order chi connectivity index (χ0) is 41.0. The lowest BCUT2D eigenvalue weighted by molar-refractivity contribution is -0.159. The normalized spacial score (nSPS) is 12.0. The summed E-state index contributed by atoms with van der Waals surface area (Å²) in [6.45, 7) is 14.4. The number of nitrogens with zero attached hydrogens (tertiary/aromatic N) is 1. The van der Waals surface area contributed by atoms with Gasteiger partial charge < -0.3 is 29.0 Å². The highest BCUT2D eigenvalue weighted by molar-refractivity contribution is 5.69. The van der Waals surface area contributed by atoms with Gasteiger partial charge in [-0.2, -0.15) is 0 Å². The minimum atomic E-state index is -0.359. The number of unbranched alkanes of at least 4 members (excludes halogenated alkanes) is 13. The highest BCUT2D eigenvalue weighted by atomic mass is 16.7. The zero-order valence-corrected chi connectivity index (χ0v) is 37.3. The number of allylic oxidation sites excluding steroid dienone is 4. The fourth-order valence-electron chi connectivity index (χ4n) is 6.82. The molecule has 8 heteroatoms. The van der Waals surface area contributed by atoms with Crippen LogP contribution in [0.25, 0.3) is 0 Å². The first kappa shape index (κ1) is 54.3. The van der Waals surface area contributed by atoms with E-state index in [2.05, 4.69) is 56.9 Å². The molecule has 0 saturated heterocycles. The molecular formula is C48H91NO7. The molecule has 0 radical (unpaired) electrons. The van der Waals surface area contributed by atoms with Gasteiger partial charge in [0.25, 0.3) is 0 Å². The van der Waals surface area contributed by atoms with Crippen LogP contribution in [0.5, 0.6) is 0 Å². The van der Waals surface area contributed by atoms with E-state index in [0.717, 1.165) is 135 Å². The minimum absolute atomic E-state index is 0.0305. The first-order valence-electron chi connectivity index (χ1n) is 23.7. The number of aliphatic hydroxyl groups excluding tert-OH is 1. The van der Waals surface area contributed by atoms with Crippen molar-refractivity contribution in [3.05, 3.63) is 24.3 Å². The average Bonchev–Trinajstić information content (AvgIpc) is 3.20. The first-order valence-corrected chi connectivity index (χ1v) is 23.7. The van der Waals surface area contributed by atoms with E-state index in [-0.39, 0.29) is 24.8 Å². The Morgan fingerprint density at radius 2 is 1.00 bits per heavy atom. The number of rotatable bonds is 44. The summed E-state index contributed by atoms with van der Waals surface area (Å²) in [5.41, 5.74) is 0. The molecule has 0 rings (SSSR count). The van der Waals surface area contributed by atoms with Gasteiger partial charge in [-0.15, -0.1) is 0 Å². The lowest BCUT2D eigenvalue weighted by Gasteiger charge is -2.22. The Labute approximate surface area is 346 Å². The molecule has 0 saturated carbocycles. The molecule has 56 heavy (non-hydrogen) atoms. The molecule has 0 spiro atoms. The standard InChI is InChI=1S/C48H91NO7/c1-5-9-13-15-21-28-42-55-48(56-43-29-22-16-14-10-6-2)35-34-47(52)53-41-27-23-20-26-38-49(39-30-40-50)37-25-19-17-18-24-33-46(51)54-44-36-45(31-11-7-3)32-12-8-4/h9-10,13-14,45,48,50H,5-8,11-12,15-44H2,1-4H3/b13-9-,14-10-. The molecule has 0 unspecified atom stereocenters. The van der Waals surface area contributed by atoms with Crippen LogP contribution >= 0.6 is 0 Å². The Kier molecular flexibility index (Phi) is 43.0. The molecule has 1 N–H and O–H groups in total. The van der Waals surface area contributed by atoms with Crippen LogP contribution in [0.1, 0.15) is 207 Å². The molecule has 0 bridgehead atoms. The summed E-state index contributed by atoms with van der Waals surface area (Å²) in [6, 6.07) is 0. The Morgan fingerprint density at radius 1 is 0.500 bits per heavy atom. The summed E-state index contributed by atoms with van der Waals surface area (Å²) < 4.78 is 23.2. The lowest BCUT2D eigenvalue weighted by Crippen LogP contribution is -2.28. The summed E-state index contributed by atoms with van der Waals surface area (Å²) in [4.78, 5) is 27.2. The molecule has 0 aliphatic rings. The monoisotopic (exact) mass is 794 g/mol. The number of carbonyl (C=O) groups is 2. The van der Waals surface area contributed by atoms with Gasteiger partial charge >= 0.3 is 11.9 Å². The van der Waals surface area contributed by atoms with Crippen molar-refractivity contribution >= 4 is 11.9 Å². The van der Waals surface area contributed by atoms with Crippen molar-refractivity contribution in [1.82, 2.24) is 4.90 Å². The molecule has 0 amide bonds. The second-order valence-electron chi connectivity index (χ2n) is 15.7. The zero-order valence-electron chi connectivity index (χ0n) is 37.3. The maximum absolute atomic E-state index is 12.5. The third-order valence-electron chi connectivity index (χ3n) is 10.4. The third-order valence-corrected chi connectivity index (χ3v) is 10.4. The molecular weight excluding hydrogens is 703 g/mol. The predicted molar refractivity (Wildman–Crippen MR) is 235 cm³/mol. The van der Waals surface area contributed by atoms with Crippen molar-refractivity contribution in [3.63, 3.8) is 0 Å². The Hall–Kier alpha value is -1.74. The van der Waals surface area contributed by atoms with E-state index < -0.39 is 0 Å². The summed E-state index contributed by atoms with van der Waals surface area (Å²) in [7, 11) is 0. The van der Waals surface area contributed by atoms with Crippen molar-refractivity contribution < 1.29 is 33.6 Å². The van der Waals surface area contributed by atoms with E-state index in [4.69, 9.17) is 18.9 Å². The number of hydrogen-bond acceptors (Lipinski definition) is 8. The fourth-order valence-corrected chi connectivity index (χ4v) is 6.82. The van der Waals surface area contributed by atoms with Crippen molar-refractivity contribution in [2.75, 3.05) is 52.7 Å². The average molecular weight is 794 g/mol. The minimum Gasteiger partial charge on any atom is -0.466 e. The Balaban J connectivity index is 4.15. The van der Waals surface area contributed by atoms with Crippen molar-refractivity contribution in [3.8, 4) is 0 Å². The number of aliphatic hydroxyl groups is 1. The molecule has 0 atom stereocenters. The van der Waals surface area contributed by atoms with E-state index in [1.54, 1.807) is 0 Å². The molecule has 0 heterocycles. The van der Waals surface area contributed by atoms with E-state index in [1.165, 1.54) is 44.9 Å². The lowest BCUT2D eigenvalue weighted by atomic mass is 9.93. The van der Waals surface area contributed by atoms with Gasteiger partial charge in [0.05, 0.1) is 19.6 Å². The number of esters is 2. The third kappa shape index (κ3) is 39.1.